The summed E-state index contributed by atoms with van der Waals surface area (Å²) >= 11 is 0. The van der Waals surface area contributed by atoms with Crippen LogP contribution in [0.5, 0.6) is 0 Å². The first-order chi connectivity index (χ1) is 6.41. The van der Waals surface area contributed by atoms with Crippen LogP contribution in [0, 0.1) is 5.41 Å². The van der Waals surface area contributed by atoms with E-state index in [4.69, 9.17) is 5.73 Å². The first kappa shape index (κ1) is 12.7. The molecule has 0 aliphatic heterocycles. The summed E-state index contributed by atoms with van der Waals surface area (Å²) in [6.45, 7) is 2.72. The number of rotatable bonds is 3. The third kappa shape index (κ3) is 2.24. The Morgan fingerprint density at radius 1 is 1.07 bits per heavy atom. The highest BCUT2D eigenvalue weighted by atomic mass is 19.4. The van der Waals surface area contributed by atoms with E-state index in [2.05, 4.69) is 0 Å². The van der Waals surface area contributed by atoms with Gasteiger partial charge in [0.1, 0.15) is 0 Å². The molecule has 6 heteroatoms. The predicted molar refractivity (Wildman–Crippen MR) is 45.6 cm³/mol. The van der Waals surface area contributed by atoms with Gasteiger partial charge in [0.15, 0.2) is 0 Å². The average Bonchev–Trinajstić information content (AvgIpc) is 2.63. The number of alkyl halides is 5. The first-order valence-electron chi connectivity index (χ1n) is 4.65. The Kier molecular flexibility index (Phi) is 2.58. The van der Waals surface area contributed by atoms with Crippen molar-refractivity contribution in [2.75, 3.05) is 0 Å². The quantitative estimate of drug-likeness (QED) is 0.742. The zero-order chi connectivity index (χ0) is 12.1. The van der Waals surface area contributed by atoms with Gasteiger partial charge >= 0.3 is 12.1 Å². The Labute approximate surface area is 84.8 Å². The van der Waals surface area contributed by atoms with Gasteiger partial charge in [0.2, 0.25) is 0 Å². The summed E-state index contributed by atoms with van der Waals surface area (Å²) in [4.78, 5) is 0. The van der Waals surface area contributed by atoms with E-state index >= 15 is 0 Å². The predicted octanol–water partition coefficient (Wildman–Crippen LogP) is 3.09. The van der Waals surface area contributed by atoms with Crippen LogP contribution < -0.4 is 5.73 Å². The highest BCUT2D eigenvalue weighted by Crippen LogP contribution is 2.54. The van der Waals surface area contributed by atoms with Gasteiger partial charge in [0.25, 0.3) is 0 Å². The molecule has 1 fully saturated rings. The molecule has 1 rings (SSSR count). The van der Waals surface area contributed by atoms with E-state index in [9.17, 15) is 22.0 Å². The van der Waals surface area contributed by atoms with Crippen LogP contribution in [-0.4, -0.2) is 17.6 Å². The summed E-state index contributed by atoms with van der Waals surface area (Å²) in [6, 6.07) is 0. The van der Waals surface area contributed by atoms with E-state index < -0.39 is 29.5 Å². The molecule has 0 spiro atoms. The van der Waals surface area contributed by atoms with Gasteiger partial charge < -0.3 is 5.73 Å². The van der Waals surface area contributed by atoms with Gasteiger partial charge in [-0.2, -0.15) is 22.0 Å². The Morgan fingerprint density at radius 3 is 1.73 bits per heavy atom. The summed E-state index contributed by atoms with van der Waals surface area (Å²) in [5, 5.41) is 0. The van der Waals surface area contributed by atoms with E-state index in [0.29, 0.717) is 12.8 Å². The summed E-state index contributed by atoms with van der Waals surface area (Å²) in [5.74, 6) is -4.66. The lowest BCUT2D eigenvalue weighted by Crippen LogP contribution is -2.48. The van der Waals surface area contributed by atoms with Crippen LogP contribution in [0.4, 0.5) is 22.0 Å². The van der Waals surface area contributed by atoms with Gasteiger partial charge in [-0.1, -0.05) is 13.8 Å². The van der Waals surface area contributed by atoms with E-state index in [1.807, 2.05) is 0 Å². The van der Waals surface area contributed by atoms with Crippen molar-refractivity contribution < 1.29 is 22.0 Å². The lowest BCUT2D eigenvalue weighted by Gasteiger charge is -2.35. The van der Waals surface area contributed by atoms with Crippen molar-refractivity contribution in [2.45, 2.75) is 50.7 Å². The van der Waals surface area contributed by atoms with Crippen LogP contribution in [0.15, 0.2) is 0 Å². The summed E-state index contributed by atoms with van der Waals surface area (Å²) in [5.41, 5.74) is 3.61. The van der Waals surface area contributed by atoms with Crippen LogP contribution in [0.25, 0.3) is 0 Å². The molecule has 1 saturated carbocycles. The molecule has 2 N–H and O–H groups in total. The number of nitrogens with two attached hydrogens (primary N) is 1. The van der Waals surface area contributed by atoms with Crippen LogP contribution in [0.3, 0.4) is 0 Å². The molecule has 90 valence electrons. The fraction of sp³-hybridized carbons (Fsp3) is 1.00. The van der Waals surface area contributed by atoms with Crippen LogP contribution in [-0.2, 0) is 0 Å². The Hall–Kier alpha value is -0.390. The largest absolute Gasteiger partial charge is 0.453 e. The minimum atomic E-state index is -5.49. The van der Waals surface area contributed by atoms with Crippen molar-refractivity contribution in [1.29, 1.82) is 0 Å². The van der Waals surface area contributed by atoms with E-state index in [-0.39, 0.29) is 0 Å². The monoisotopic (exact) mass is 231 g/mol. The Balaban J connectivity index is 2.77. The maximum atomic E-state index is 12.8. The summed E-state index contributed by atoms with van der Waals surface area (Å²) in [6.07, 6.45) is -5.72. The second kappa shape index (κ2) is 3.06. The first-order valence-corrected chi connectivity index (χ1v) is 4.65. The maximum Gasteiger partial charge on any atom is 0.453 e. The third-order valence-electron chi connectivity index (χ3n) is 3.22. The van der Waals surface area contributed by atoms with Gasteiger partial charge in [-0.3, -0.25) is 0 Å². The molecule has 0 aromatic rings. The average molecular weight is 231 g/mol. The molecule has 0 bridgehead atoms. The molecule has 1 aliphatic carbocycles. The van der Waals surface area contributed by atoms with Crippen molar-refractivity contribution in [3.8, 4) is 0 Å². The molecular weight excluding hydrogens is 217 g/mol. The van der Waals surface area contributed by atoms with Gasteiger partial charge in [0.05, 0.1) is 0 Å². The second-order valence-electron chi connectivity index (χ2n) is 4.92. The molecule has 15 heavy (non-hydrogen) atoms. The van der Waals surface area contributed by atoms with E-state index in [1.54, 1.807) is 0 Å². The van der Waals surface area contributed by atoms with Crippen LogP contribution in [0.2, 0.25) is 0 Å². The summed E-state index contributed by atoms with van der Waals surface area (Å²) < 4.78 is 61.6. The molecule has 0 unspecified atom stereocenters. The fourth-order valence-corrected chi connectivity index (χ4v) is 1.64. The van der Waals surface area contributed by atoms with Crippen molar-refractivity contribution in [3.05, 3.63) is 0 Å². The fourth-order valence-electron chi connectivity index (χ4n) is 1.64. The second-order valence-corrected chi connectivity index (χ2v) is 4.92. The molecular formula is C9H14F5N. The SMILES string of the molecule is CC(C)(CC(F)(F)C(F)(F)F)C1(N)CC1. The summed E-state index contributed by atoms with van der Waals surface area (Å²) in [7, 11) is 0. The lowest BCUT2D eigenvalue weighted by molar-refractivity contribution is -0.292. The zero-order valence-electron chi connectivity index (χ0n) is 8.59. The van der Waals surface area contributed by atoms with Crippen LogP contribution in [0.1, 0.15) is 33.1 Å². The molecule has 1 nitrogen and oxygen atoms in total. The van der Waals surface area contributed by atoms with Gasteiger partial charge in [-0.25, -0.2) is 0 Å². The van der Waals surface area contributed by atoms with Gasteiger partial charge in [-0.05, 0) is 18.3 Å². The highest BCUT2D eigenvalue weighted by Gasteiger charge is 2.63. The van der Waals surface area contributed by atoms with Crippen molar-refractivity contribution >= 4 is 0 Å². The Bertz CT molecular complexity index is 236. The van der Waals surface area contributed by atoms with Gasteiger partial charge in [-0.15, -0.1) is 0 Å². The van der Waals surface area contributed by atoms with Crippen molar-refractivity contribution in [2.24, 2.45) is 11.1 Å². The molecule has 0 radical (unpaired) electrons. The molecule has 0 aromatic carbocycles. The molecule has 0 saturated heterocycles. The lowest BCUT2D eigenvalue weighted by atomic mass is 9.77. The number of hydrogen-bond donors (Lipinski definition) is 1. The number of halogens is 5. The smallest absolute Gasteiger partial charge is 0.325 e. The molecule has 0 amide bonds. The normalized spacial score (nSPS) is 21.6. The van der Waals surface area contributed by atoms with Crippen LogP contribution >= 0.6 is 0 Å². The van der Waals surface area contributed by atoms with E-state index in [0.717, 1.165) is 0 Å². The standard InChI is InChI=1S/C9H14F5N/c1-6(2,7(15)3-4-7)5-8(10,11)9(12,13)14/h3-5,15H2,1-2H3. The van der Waals surface area contributed by atoms with Gasteiger partial charge in [0, 0.05) is 12.0 Å². The molecule has 0 aromatic heterocycles. The van der Waals surface area contributed by atoms with Crippen molar-refractivity contribution in [3.63, 3.8) is 0 Å². The highest BCUT2D eigenvalue weighted by molar-refractivity contribution is 5.10. The third-order valence-corrected chi connectivity index (χ3v) is 3.22. The molecule has 0 atom stereocenters. The minimum absolute atomic E-state index is 0.508. The molecule has 1 aliphatic rings. The minimum Gasteiger partial charge on any atom is -0.325 e. The Morgan fingerprint density at radius 2 is 1.47 bits per heavy atom. The zero-order valence-corrected chi connectivity index (χ0v) is 8.59. The number of hydrogen-bond acceptors (Lipinski definition) is 1. The van der Waals surface area contributed by atoms with Crippen molar-refractivity contribution in [1.82, 2.24) is 0 Å². The molecule has 0 heterocycles. The maximum absolute atomic E-state index is 12.8. The van der Waals surface area contributed by atoms with E-state index in [1.165, 1.54) is 13.8 Å². The topological polar surface area (TPSA) is 26.0 Å².